The third kappa shape index (κ3) is 4.11. The van der Waals surface area contributed by atoms with E-state index in [2.05, 4.69) is 0 Å². The largest absolute Gasteiger partial charge is 0.433 e. The summed E-state index contributed by atoms with van der Waals surface area (Å²) in [5.74, 6) is -2.14. The number of alkyl halides is 6. The number of allylic oxidation sites excluding steroid dienone is 1. The molecule has 3 unspecified atom stereocenters. The number of ether oxygens (including phenoxy) is 2. The summed E-state index contributed by atoms with van der Waals surface area (Å²) in [4.78, 5) is 0. The molecule has 1 saturated heterocycles. The average molecular weight is 374 g/mol. The van der Waals surface area contributed by atoms with E-state index < -0.39 is 48.2 Å². The van der Waals surface area contributed by atoms with Gasteiger partial charge in [-0.3, -0.25) is 5.41 Å². The molecule has 3 rings (SSSR count). The fourth-order valence-electron chi connectivity index (χ4n) is 3.08. The molecule has 0 radical (unpaired) electrons. The highest BCUT2D eigenvalue weighted by Crippen LogP contribution is 2.45. The van der Waals surface area contributed by atoms with Crippen LogP contribution >= 0.6 is 0 Å². The van der Waals surface area contributed by atoms with Crippen LogP contribution in [0.25, 0.3) is 0 Å². The first-order valence-electron chi connectivity index (χ1n) is 7.95. The highest BCUT2D eigenvalue weighted by Gasteiger charge is 2.59. The molecular formula is C15H20F6N2O2. The molecule has 144 valence electrons. The maximum atomic E-state index is 13.7. The molecule has 3 N–H and O–H groups in total. The van der Waals surface area contributed by atoms with Crippen molar-refractivity contribution >= 4 is 5.71 Å². The first-order valence-corrected chi connectivity index (χ1v) is 7.95. The third-order valence-corrected chi connectivity index (χ3v) is 4.33. The van der Waals surface area contributed by atoms with E-state index >= 15 is 0 Å². The molecule has 4 nitrogen and oxygen atoms in total. The molecule has 1 saturated carbocycles. The van der Waals surface area contributed by atoms with Gasteiger partial charge < -0.3 is 15.2 Å². The van der Waals surface area contributed by atoms with Gasteiger partial charge in [0.25, 0.3) is 0 Å². The molecule has 2 fully saturated rings. The smallest absolute Gasteiger partial charge is 0.402 e. The lowest BCUT2D eigenvalue weighted by atomic mass is 9.97. The predicted molar refractivity (Wildman–Crippen MR) is 77.4 cm³/mol. The summed E-state index contributed by atoms with van der Waals surface area (Å²) in [5.41, 5.74) is 2.58. The first kappa shape index (κ1) is 20.0. The molecule has 1 heterocycles. The van der Waals surface area contributed by atoms with Crippen molar-refractivity contribution in [2.24, 2.45) is 5.73 Å². The van der Waals surface area contributed by atoms with Crippen molar-refractivity contribution in [2.45, 2.75) is 62.6 Å². The van der Waals surface area contributed by atoms with Gasteiger partial charge in [0.1, 0.15) is 18.1 Å². The van der Waals surface area contributed by atoms with Gasteiger partial charge in [-0.05, 0) is 12.8 Å². The van der Waals surface area contributed by atoms with Crippen LogP contribution in [0.3, 0.4) is 0 Å². The van der Waals surface area contributed by atoms with Crippen molar-refractivity contribution in [1.29, 1.82) is 5.41 Å². The van der Waals surface area contributed by atoms with Gasteiger partial charge in [-0.25, -0.2) is 13.2 Å². The topological polar surface area (TPSA) is 68.3 Å². The SMILES string of the molecule is FC1CCCCC1F.N=C(C1=C(N)CC(F)C12OCCO2)C(F)(F)F. The van der Waals surface area contributed by atoms with Gasteiger partial charge in [-0.2, -0.15) is 13.2 Å². The molecule has 0 aromatic carbocycles. The standard InChI is InChI=1S/C9H10F4N2O2.C6H10F2/c10-5-3-4(14)6(7(15)9(11,12)13)8(5)16-1-2-17-8;7-5-3-1-2-4-6(5)8/h5,15H,1-3,14H2;5-6H,1-4H2. The molecule has 1 spiro atoms. The van der Waals surface area contributed by atoms with Crippen LogP contribution in [-0.2, 0) is 9.47 Å². The third-order valence-electron chi connectivity index (χ3n) is 4.33. The van der Waals surface area contributed by atoms with Gasteiger partial charge in [0, 0.05) is 12.1 Å². The fourth-order valence-corrected chi connectivity index (χ4v) is 3.08. The molecule has 0 aromatic heterocycles. The second kappa shape index (κ2) is 7.53. The molecule has 25 heavy (non-hydrogen) atoms. The highest BCUT2D eigenvalue weighted by molar-refractivity contribution is 6.04. The fraction of sp³-hybridized carbons (Fsp3) is 0.800. The van der Waals surface area contributed by atoms with Gasteiger partial charge in [0.05, 0.1) is 18.8 Å². The van der Waals surface area contributed by atoms with Gasteiger partial charge in [0.2, 0.25) is 5.79 Å². The van der Waals surface area contributed by atoms with Crippen LogP contribution in [0, 0.1) is 5.41 Å². The van der Waals surface area contributed by atoms with E-state index in [1.54, 1.807) is 0 Å². The Bertz CT molecular complexity index is 521. The minimum atomic E-state index is -4.91. The average Bonchev–Trinajstić information content (AvgIpc) is 3.09. The Morgan fingerprint density at radius 2 is 1.52 bits per heavy atom. The number of hydrogen-bond donors (Lipinski definition) is 2. The first-order chi connectivity index (χ1) is 11.6. The molecule has 3 aliphatic rings. The molecule has 2 aliphatic carbocycles. The summed E-state index contributed by atoms with van der Waals surface area (Å²) in [7, 11) is 0. The van der Waals surface area contributed by atoms with Crippen molar-refractivity contribution in [3.63, 3.8) is 0 Å². The van der Waals surface area contributed by atoms with E-state index in [0.717, 1.165) is 12.8 Å². The Morgan fingerprint density at radius 3 is 1.92 bits per heavy atom. The summed E-state index contributed by atoms with van der Waals surface area (Å²) >= 11 is 0. The number of nitrogens with one attached hydrogen (secondary N) is 1. The number of halogens is 6. The van der Waals surface area contributed by atoms with Crippen LogP contribution in [0.5, 0.6) is 0 Å². The summed E-state index contributed by atoms with van der Waals surface area (Å²) in [6.45, 7) is -0.0509. The van der Waals surface area contributed by atoms with Crippen LogP contribution < -0.4 is 5.73 Å². The van der Waals surface area contributed by atoms with E-state index in [4.69, 9.17) is 20.6 Å². The predicted octanol–water partition coefficient (Wildman–Crippen LogP) is 3.50. The van der Waals surface area contributed by atoms with Crippen molar-refractivity contribution in [2.75, 3.05) is 13.2 Å². The Labute approximate surface area is 140 Å². The Balaban J connectivity index is 0.000000236. The van der Waals surface area contributed by atoms with Gasteiger partial charge in [-0.1, -0.05) is 12.8 Å². The lowest BCUT2D eigenvalue weighted by Crippen LogP contribution is -2.44. The second-order valence-corrected chi connectivity index (χ2v) is 6.13. The van der Waals surface area contributed by atoms with E-state index in [-0.39, 0.29) is 18.9 Å². The molecule has 0 amide bonds. The highest BCUT2D eigenvalue weighted by atomic mass is 19.4. The van der Waals surface area contributed by atoms with Gasteiger partial charge in [-0.15, -0.1) is 0 Å². The number of rotatable bonds is 1. The minimum absolute atomic E-state index is 0.0255. The normalized spacial score (nSPS) is 31.8. The zero-order valence-corrected chi connectivity index (χ0v) is 13.3. The summed E-state index contributed by atoms with van der Waals surface area (Å²) in [5, 5.41) is 7.06. The maximum absolute atomic E-state index is 13.7. The zero-order chi connectivity index (χ0) is 18.8. The van der Waals surface area contributed by atoms with Crippen LogP contribution in [0.4, 0.5) is 26.3 Å². The van der Waals surface area contributed by atoms with Crippen LogP contribution in [0.2, 0.25) is 0 Å². The lowest BCUT2D eigenvalue weighted by molar-refractivity contribution is -0.161. The van der Waals surface area contributed by atoms with Crippen molar-refractivity contribution in [1.82, 2.24) is 0 Å². The quantitative estimate of drug-likeness (QED) is 0.545. The van der Waals surface area contributed by atoms with Crippen molar-refractivity contribution < 1.29 is 35.8 Å². The van der Waals surface area contributed by atoms with E-state index in [0.29, 0.717) is 12.8 Å². The summed E-state index contributed by atoms with van der Waals surface area (Å²) in [6, 6.07) is 0. The zero-order valence-electron chi connectivity index (χ0n) is 13.3. The van der Waals surface area contributed by atoms with E-state index in [1.807, 2.05) is 0 Å². The monoisotopic (exact) mass is 374 g/mol. The van der Waals surface area contributed by atoms with Crippen molar-refractivity contribution in [3.05, 3.63) is 11.3 Å². The minimum Gasteiger partial charge on any atom is -0.402 e. The molecule has 3 atom stereocenters. The summed E-state index contributed by atoms with van der Waals surface area (Å²) in [6.07, 6.45) is -6.89. The van der Waals surface area contributed by atoms with E-state index in [1.165, 1.54) is 0 Å². The molecule has 10 heteroatoms. The second-order valence-electron chi connectivity index (χ2n) is 6.13. The van der Waals surface area contributed by atoms with Crippen LogP contribution in [0.15, 0.2) is 11.3 Å². The van der Waals surface area contributed by atoms with Gasteiger partial charge >= 0.3 is 6.18 Å². The summed E-state index contributed by atoms with van der Waals surface area (Å²) < 4.78 is 85.4. The Hall–Kier alpha value is -1.29. The van der Waals surface area contributed by atoms with E-state index in [9.17, 15) is 26.3 Å². The van der Waals surface area contributed by atoms with Crippen molar-refractivity contribution in [3.8, 4) is 0 Å². The van der Waals surface area contributed by atoms with Gasteiger partial charge in [0.15, 0.2) is 6.17 Å². The Kier molecular flexibility index (Phi) is 6.03. The molecule has 0 aromatic rings. The molecule has 1 aliphatic heterocycles. The Morgan fingerprint density at radius 1 is 1.04 bits per heavy atom. The van der Waals surface area contributed by atoms with Crippen LogP contribution in [0.1, 0.15) is 32.1 Å². The lowest BCUT2D eigenvalue weighted by Gasteiger charge is -2.28. The maximum Gasteiger partial charge on any atom is 0.433 e. The number of hydrogen-bond acceptors (Lipinski definition) is 4. The molecule has 0 bridgehead atoms. The van der Waals surface area contributed by atoms with Crippen LogP contribution in [-0.4, -0.2) is 49.4 Å². The number of nitrogens with two attached hydrogens (primary N) is 1. The molecular weight excluding hydrogens is 354 g/mol.